The smallest absolute Gasteiger partial charge is 0.255 e. The van der Waals surface area contributed by atoms with Gasteiger partial charge in [0.1, 0.15) is 11.5 Å². The molecule has 4 bridgehead atoms. The third kappa shape index (κ3) is 4.89. The average Bonchev–Trinajstić information content (AvgIpc) is 3.00. The highest BCUT2D eigenvalue weighted by molar-refractivity contribution is 6.04. The SMILES string of the molecule is COc1ccccc1N1CCN(CCCNC(=O)c2cccc3c(=O)c(C)c(C45CC6CC(CC(C6)C4)C5)oc23)CC1. The molecule has 2 aromatic carbocycles. The number of nitrogens with zero attached hydrogens (tertiary/aromatic N) is 2. The van der Waals surface area contributed by atoms with Gasteiger partial charge in [-0.15, -0.1) is 0 Å². The van der Waals surface area contributed by atoms with Crippen LogP contribution in [0.1, 0.15) is 66.6 Å². The Morgan fingerprint density at radius 1 is 0.976 bits per heavy atom. The molecule has 1 aromatic heterocycles. The van der Waals surface area contributed by atoms with Crippen LogP contribution in [0.5, 0.6) is 5.75 Å². The Labute approximate surface area is 248 Å². The molecule has 0 unspecified atom stereocenters. The molecule has 8 rings (SSSR count). The maximum absolute atomic E-state index is 13.6. The Morgan fingerprint density at radius 2 is 1.67 bits per heavy atom. The molecule has 4 aliphatic carbocycles. The maximum Gasteiger partial charge on any atom is 0.255 e. The number of rotatable bonds is 8. The van der Waals surface area contributed by atoms with Gasteiger partial charge >= 0.3 is 0 Å². The number of hydrogen-bond donors (Lipinski definition) is 1. The molecule has 5 fully saturated rings. The van der Waals surface area contributed by atoms with Gasteiger partial charge in [-0.25, -0.2) is 0 Å². The minimum Gasteiger partial charge on any atom is -0.495 e. The van der Waals surface area contributed by atoms with E-state index < -0.39 is 0 Å². The van der Waals surface area contributed by atoms with Crippen LogP contribution in [0.2, 0.25) is 0 Å². The molecule has 3 aromatic rings. The first-order valence-electron chi connectivity index (χ1n) is 15.9. The first-order valence-corrected chi connectivity index (χ1v) is 15.9. The van der Waals surface area contributed by atoms with Crippen LogP contribution in [-0.2, 0) is 5.41 Å². The molecule has 0 atom stereocenters. The van der Waals surface area contributed by atoms with Crippen LogP contribution < -0.4 is 20.4 Å². The molecule has 1 amide bonds. The maximum atomic E-state index is 13.6. The third-order valence-corrected chi connectivity index (χ3v) is 10.6. The monoisotopic (exact) mass is 569 g/mol. The Balaban J connectivity index is 1.00. The van der Waals surface area contributed by atoms with E-state index in [1.54, 1.807) is 25.3 Å². The fraction of sp³-hybridized carbons (Fsp3) is 0.543. The largest absolute Gasteiger partial charge is 0.495 e. The molecule has 222 valence electrons. The number of piperazine rings is 1. The second kappa shape index (κ2) is 11.1. The zero-order valence-corrected chi connectivity index (χ0v) is 25.0. The summed E-state index contributed by atoms with van der Waals surface area (Å²) in [6.45, 7) is 7.31. The van der Waals surface area contributed by atoms with E-state index in [2.05, 4.69) is 27.2 Å². The Kier molecular flexibility index (Phi) is 7.25. The molecule has 1 saturated heterocycles. The van der Waals surface area contributed by atoms with Gasteiger partial charge in [-0.2, -0.15) is 0 Å². The van der Waals surface area contributed by atoms with Crippen molar-refractivity contribution in [1.29, 1.82) is 0 Å². The number of carbonyl (C=O) groups is 1. The number of anilines is 1. The van der Waals surface area contributed by atoms with Gasteiger partial charge < -0.3 is 19.4 Å². The van der Waals surface area contributed by atoms with Crippen LogP contribution in [0.25, 0.3) is 11.0 Å². The van der Waals surface area contributed by atoms with E-state index in [4.69, 9.17) is 9.15 Å². The summed E-state index contributed by atoms with van der Waals surface area (Å²) in [5, 5.41) is 3.63. The number of methoxy groups -OCH3 is 1. The fourth-order valence-corrected chi connectivity index (χ4v) is 9.09. The molecule has 42 heavy (non-hydrogen) atoms. The quantitative estimate of drug-likeness (QED) is 0.360. The van der Waals surface area contributed by atoms with Crippen molar-refractivity contribution in [3.63, 3.8) is 0 Å². The van der Waals surface area contributed by atoms with Gasteiger partial charge in [0.2, 0.25) is 0 Å². The number of nitrogens with one attached hydrogen (secondary N) is 1. The summed E-state index contributed by atoms with van der Waals surface area (Å²) >= 11 is 0. The van der Waals surface area contributed by atoms with Crippen molar-refractivity contribution in [2.45, 2.75) is 57.3 Å². The van der Waals surface area contributed by atoms with Gasteiger partial charge in [0, 0.05) is 43.7 Å². The molecular formula is C35H43N3O4. The first kappa shape index (κ1) is 27.5. The number of hydrogen-bond acceptors (Lipinski definition) is 6. The van der Waals surface area contributed by atoms with Crippen molar-refractivity contribution >= 4 is 22.6 Å². The van der Waals surface area contributed by atoms with Gasteiger partial charge in [-0.3, -0.25) is 14.5 Å². The molecule has 7 heteroatoms. The van der Waals surface area contributed by atoms with Crippen LogP contribution in [0.3, 0.4) is 0 Å². The standard InChI is InChI=1S/C35H43N3O4/c1-23-31(39)27-7-5-8-28(32(27)42-33(23)35-20-24-17-25(21-35)19-26(18-24)22-35)34(40)36-11-6-12-37-13-15-38(16-14-37)29-9-3-4-10-30(29)41-2/h3-5,7-10,24-26H,6,11-22H2,1-2H3,(H,36,40). The van der Waals surface area contributed by atoms with E-state index >= 15 is 0 Å². The Hall–Kier alpha value is -3.32. The number of para-hydroxylation sites is 3. The number of amides is 1. The molecule has 1 aliphatic heterocycles. The van der Waals surface area contributed by atoms with Gasteiger partial charge in [0.05, 0.1) is 23.7 Å². The minimum atomic E-state index is -0.162. The summed E-state index contributed by atoms with van der Waals surface area (Å²) < 4.78 is 12.2. The van der Waals surface area contributed by atoms with Crippen LogP contribution in [0, 0.1) is 24.7 Å². The topological polar surface area (TPSA) is 75.0 Å². The normalized spacial score (nSPS) is 27.0. The molecule has 2 heterocycles. The van der Waals surface area contributed by atoms with E-state index in [0.717, 1.165) is 98.9 Å². The van der Waals surface area contributed by atoms with E-state index in [-0.39, 0.29) is 16.8 Å². The van der Waals surface area contributed by atoms with Crippen molar-refractivity contribution in [3.8, 4) is 5.75 Å². The van der Waals surface area contributed by atoms with Gasteiger partial charge in [0.25, 0.3) is 5.91 Å². The Bertz CT molecular complexity index is 1500. The van der Waals surface area contributed by atoms with Crippen molar-refractivity contribution < 1.29 is 13.9 Å². The molecule has 7 nitrogen and oxygen atoms in total. The van der Waals surface area contributed by atoms with Crippen molar-refractivity contribution in [2.75, 3.05) is 51.3 Å². The van der Waals surface area contributed by atoms with Gasteiger partial charge in [0.15, 0.2) is 11.0 Å². The second-order valence-corrected chi connectivity index (χ2v) is 13.4. The highest BCUT2D eigenvalue weighted by Gasteiger charge is 2.53. The van der Waals surface area contributed by atoms with Gasteiger partial charge in [-0.1, -0.05) is 18.2 Å². The lowest BCUT2D eigenvalue weighted by Gasteiger charge is -2.56. The van der Waals surface area contributed by atoms with Crippen LogP contribution in [0.15, 0.2) is 51.7 Å². The molecule has 4 saturated carbocycles. The molecule has 5 aliphatic rings. The van der Waals surface area contributed by atoms with Crippen molar-refractivity contribution in [2.24, 2.45) is 17.8 Å². The zero-order valence-electron chi connectivity index (χ0n) is 25.0. The summed E-state index contributed by atoms with van der Waals surface area (Å²) in [4.78, 5) is 31.8. The van der Waals surface area contributed by atoms with Crippen LogP contribution in [-0.4, -0.2) is 57.2 Å². The fourth-order valence-electron chi connectivity index (χ4n) is 9.09. The average molecular weight is 570 g/mol. The lowest BCUT2D eigenvalue weighted by Crippen LogP contribution is -2.49. The van der Waals surface area contributed by atoms with Crippen LogP contribution in [0.4, 0.5) is 5.69 Å². The first-order chi connectivity index (χ1) is 20.4. The van der Waals surface area contributed by atoms with Crippen molar-refractivity contribution in [1.82, 2.24) is 10.2 Å². The third-order valence-electron chi connectivity index (χ3n) is 10.6. The summed E-state index contributed by atoms with van der Waals surface area (Å²) in [5.74, 6) is 3.87. The van der Waals surface area contributed by atoms with Crippen LogP contribution >= 0.6 is 0 Å². The molecule has 1 N–H and O–H groups in total. The molecule has 0 radical (unpaired) electrons. The summed E-state index contributed by atoms with van der Waals surface area (Å²) in [6.07, 6.45) is 8.23. The number of ether oxygens (including phenoxy) is 1. The number of fused-ring (bicyclic) bond motifs is 1. The number of benzene rings is 2. The summed E-state index contributed by atoms with van der Waals surface area (Å²) in [6, 6.07) is 13.6. The molecule has 0 spiro atoms. The van der Waals surface area contributed by atoms with E-state index in [9.17, 15) is 9.59 Å². The van der Waals surface area contributed by atoms with E-state index in [0.29, 0.717) is 23.1 Å². The highest BCUT2D eigenvalue weighted by Crippen LogP contribution is 2.61. The summed E-state index contributed by atoms with van der Waals surface area (Å²) in [5.41, 5.74) is 2.81. The highest BCUT2D eigenvalue weighted by atomic mass is 16.5. The second-order valence-electron chi connectivity index (χ2n) is 13.4. The lowest BCUT2D eigenvalue weighted by molar-refractivity contribution is -0.0154. The summed E-state index contributed by atoms with van der Waals surface area (Å²) in [7, 11) is 1.72. The van der Waals surface area contributed by atoms with E-state index in [1.165, 1.54) is 19.3 Å². The minimum absolute atomic E-state index is 0.0175. The predicted molar refractivity (Wildman–Crippen MR) is 166 cm³/mol. The number of carbonyl (C=O) groups excluding carboxylic acids is 1. The molecular weight excluding hydrogens is 526 g/mol. The lowest BCUT2D eigenvalue weighted by atomic mass is 9.48. The van der Waals surface area contributed by atoms with E-state index in [1.807, 2.05) is 19.1 Å². The zero-order chi connectivity index (χ0) is 28.8. The van der Waals surface area contributed by atoms with Gasteiger partial charge in [-0.05, 0) is 100 Å². The predicted octanol–water partition coefficient (Wildman–Crippen LogP) is 5.52. The van der Waals surface area contributed by atoms with Crippen molar-refractivity contribution in [3.05, 3.63) is 69.6 Å². The Morgan fingerprint density at radius 3 is 2.36 bits per heavy atom.